The van der Waals surface area contributed by atoms with Crippen molar-refractivity contribution in [3.8, 4) is 11.5 Å². The Balaban J connectivity index is 1.86. The first kappa shape index (κ1) is 23.4. The van der Waals surface area contributed by atoms with Gasteiger partial charge in [-0.25, -0.2) is 4.79 Å². The number of hydrogen-bond acceptors (Lipinski definition) is 3. The molecule has 2 N–H and O–H groups in total. The number of amides is 1. The number of ether oxygens (including phenoxy) is 1. The fourth-order valence-electron chi connectivity index (χ4n) is 3.09. The van der Waals surface area contributed by atoms with E-state index in [-0.39, 0.29) is 16.5 Å². The van der Waals surface area contributed by atoms with Gasteiger partial charge < -0.3 is 9.84 Å². The van der Waals surface area contributed by atoms with Crippen LogP contribution in [0.4, 0.5) is 10.5 Å². The third-order valence-electron chi connectivity index (χ3n) is 4.84. The summed E-state index contributed by atoms with van der Waals surface area (Å²) in [5.41, 5.74) is 1.78. The number of phenols is 1. The average Bonchev–Trinajstić information content (AvgIpc) is 2.70. The summed E-state index contributed by atoms with van der Waals surface area (Å²) in [7, 11) is 0. The van der Waals surface area contributed by atoms with Crippen molar-refractivity contribution in [3.05, 3.63) is 51.5 Å². The summed E-state index contributed by atoms with van der Waals surface area (Å²) >= 11 is 12.1. The molecule has 0 heterocycles. The van der Waals surface area contributed by atoms with Gasteiger partial charge in [0.2, 0.25) is 0 Å². The van der Waals surface area contributed by atoms with E-state index in [1.807, 2.05) is 18.2 Å². The van der Waals surface area contributed by atoms with E-state index in [4.69, 9.17) is 27.9 Å². The molecule has 0 fully saturated rings. The molecule has 6 heteroatoms. The highest BCUT2D eigenvalue weighted by atomic mass is 35.5. The lowest BCUT2D eigenvalue weighted by Gasteiger charge is -2.12. The lowest BCUT2D eigenvalue weighted by Crippen LogP contribution is -2.17. The number of carbonyl (C=O) groups excluding carboxylic acids is 1. The number of aryl methyl sites for hydroxylation is 1. The first-order valence-electron chi connectivity index (χ1n) is 10.2. The van der Waals surface area contributed by atoms with Crippen molar-refractivity contribution in [2.24, 2.45) is 0 Å². The number of halogens is 2. The summed E-state index contributed by atoms with van der Waals surface area (Å²) in [4.78, 5) is 12.2. The summed E-state index contributed by atoms with van der Waals surface area (Å²) in [5.74, 6) is 0.213. The number of phenolic OH excluding ortho intramolecular Hbond substituents is 1. The van der Waals surface area contributed by atoms with E-state index in [1.165, 1.54) is 44.6 Å². The van der Waals surface area contributed by atoms with Gasteiger partial charge in [0.15, 0.2) is 5.75 Å². The Bertz CT molecular complexity index is 824. The minimum absolute atomic E-state index is 0.101. The van der Waals surface area contributed by atoms with Crippen LogP contribution >= 0.6 is 23.2 Å². The first-order valence-corrected chi connectivity index (χ1v) is 10.9. The number of carbonyl (C=O) groups is 1. The first-order chi connectivity index (χ1) is 13.9. The fraction of sp³-hybridized carbons (Fsp3) is 0.435. The van der Waals surface area contributed by atoms with Crippen LogP contribution in [-0.4, -0.2) is 11.2 Å². The highest BCUT2D eigenvalue weighted by Gasteiger charge is 2.15. The summed E-state index contributed by atoms with van der Waals surface area (Å²) in [5, 5.41) is 13.0. The van der Waals surface area contributed by atoms with Gasteiger partial charge >= 0.3 is 6.09 Å². The zero-order chi connectivity index (χ0) is 21.2. The Hall–Kier alpha value is -1.91. The maximum atomic E-state index is 12.2. The standard InChI is InChI=1S/C23H29Cl2NO3/c1-3-4-5-6-7-8-9-11-17-12-10-13-18(14-17)29-23(28)26-20-15-19(24)16(2)21(25)22(20)27/h10,12-15,27H,3-9,11H2,1-2H3,(H,26,28). The maximum Gasteiger partial charge on any atom is 0.417 e. The molecule has 0 atom stereocenters. The van der Waals surface area contributed by atoms with Crippen LogP contribution in [0.3, 0.4) is 0 Å². The molecule has 0 bridgehead atoms. The maximum absolute atomic E-state index is 12.2. The topological polar surface area (TPSA) is 58.6 Å². The number of unbranched alkanes of at least 4 members (excludes halogenated alkanes) is 6. The third-order valence-corrected chi connectivity index (χ3v) is 5.69. The summed E-state index contributed by atoms with van der Waals surface area (Å²) < 4.78 is 5.35. The Labute approximate surface area is 183 Å². The third kappa shape index (κ3) is 7.45. The molecule has 0 saturated heterocycles. The van der Waals surface area contributed by atoms with E-state index in [0.29, 0.717) is 16.3 Å². The molecule has 0 unspecified atom stereocenters. The Morgan fingerprint density at radius 2 is 1.76 bits per heavy atom. The van der Waals surface area contributed by atoms with Gasteiger partial charge in [-0.15, -0.1) is 0 Å². The quantitative estimate of drug-likeness (QED) is 0.293. The Morgan fingerprint density at radius 3 is 2.48 bits per heavy atom. The predicted molar refractivity (Wildman–Crippen MR) is 121 cm³/mol. The predicted octanol–water partition coefficient (Wildman–Crippen LogP) is 7.91. The molecule has 2 aromatic rings. The summed E-state index contributed by atoms with van der Waals surface area (Å²) in [6.07, 6.45) is 9.05. The van der Waals surface area contributed by atoms with Crippen LogP contribution in [0.1, 0.15) is 63.0 Å². The molecule has 0 aliphatic rings. The fourth-order valence-corrected chi connectivity index (χ4v) is 3.55. The zero-order valence-electron chi connectivity index (χ0n) is 17.1. The van der Waals surface area contributed by atoms with Gasteiger partial charge in [0.1, 0.15) is 5.75 Å². The summed E-state index contributed by atoms with van der Waals surface area (Å²) in [6.45, 7) is 3.91. The molecule has 0 aromatic heterocycles. The van der Waals surface area contributed by atoms with Crippen molar-refractivity contribution in [2.45, 2.75) is 65.2 Å². The van der Waals surface area contributed by atoms with Gasteiger partial charge in [0.25, 0.3) is 0 Å². The highest BCUT2D eigenvalue weighted by Crippen LogP contribution is 2.38. The molecule has 2 aromatic carbocycles. The number of rotatable bonds is 10. The van der Waals surface area contributed by atoms with Gasteiger partial charge in [-0.05, 0) is 49.1 Å². The molecule has 1 amide bonds. The summed E-state index contributed by atoms with van der Waals surface area (Å²) in [6, 6.07) is 8.94. The van der Waals surface area contributed by atoms with E-state index in [0.717, 1.165) is 18.4 Å². The molecule has 0 radical (unpaired) electrons. The number of benzene rings is 2. The largest absolute Gasteiger partial charge is 0.504 e. The van der Waals surface area contributed by atoms with Crippen LogP contribution in [0.2, 0.25) is 10.0 Å². The van der Waals surface area contributed by atoms with E-state index >= 15 is 0 Å². The monoisotopic (exact) mass is 437 g/mol. The van der Waals surface area contributed by atoms with Gasteiger partial charge in [0.05, 0.1) is 10.7 Å². The second-order valence-electron chi connectivity index (χ2n) is 7.23. The molecule has 0 saturated carbocycles. The van der Waals surface area contributed by atoms with Gasteiger partial charge in [0, 0.05) is 5.02 Å². The van der Waals surface area contributed by atoms with Crippen LogP contribution in [0.25, 0.3) is 0 Å². The van der Waals surface area contributed by atoms with Crippen LogP contribution < -0.4 is 10.1 Å². The van der Waals surface area contributed by atoms with Crippen molar-refractivity contribution < 1.29 is 14.6 Å². The van der Waals surface area contributed by atoms with Crippen LogP contribution in [0.5, 0.6) is 11.5 Å². The van der Waals surface area contributed by atoms with Crippen LogP contribution in [0, 0.1) is 6.92 Å². The van der Waals surface area contributed by atoms with Crippen LogP contribution in [-0.2, 0) is 6.42 Å². The van der Waals surface area contributed by atoms with Crippen molar-refractivity contribution in [3.63, 3.8) is 0 Å². The number of aromatic hydroxyl groups is 1. The normalized spacial score (nSPS) is 10.8. The second kappa shape index (κ2) is 11.9. The van der Waals surface area contributed by atoms with Crippen molar-refractivity contribution >= 4 is 35.0 Å². The van der Waals surface area contributed by atoms with E-state index in [1.54, 1.807) is 13.0 Å². The Morgan fingerprint density at radius 1 is 1.07 bits per heavy atom. The molecule has 0 spiro atoms. The van der Waals surface area contributed by atoms with Gasteiger partial charge in [-0.2, -0.15) is 0 Å². The van der Waals surface area contributed by atoms with E-state index < -0.39 is 6.09 Å². The second-order valence-corrected chi connectivity index (χ2v) is 8.01. The molecule has 0 aliphatic carbocycles. The molecular weight excluding hydrogens is 409 g/mol. The van der Waals surface area contributed by atoms with Crippen molar-refractivity contribution in [1.29, 1.82) is 0 Å². The molecule has 2 rings (SSSR count). The molecule has 29 heavy (non-hydrogen) atoms. The number of nitrogens with one attached hydrogen (secondary N) is 1. The van der Waals surface area contributed by atoms with Crippen LogP contribution in [0.15, 0.2) is 30.3 Å². The van der Waals surface area contributed by atoms with Gasteiger partial charge in [-0.1, -0.05) is 80.8 Å². The number of anilines is 1. The average molecular weight is 438 g/mol. The van der Waals surface area contributed by atoms with E-state index in [2.05, 4.69) is 12.2 Å². The SMILES string of the molecule is CCCCCCCCCc1cccc(OC(=O)Nc2cc(Cl)c(C)c(Cl)c2O)c1. The van der Waals surface area contributed by atoms with Gasteiger partial charge in [-0.3, -0.25) is 5.32 Å². The molecule has 4 nitrogen and oxygen atoms in total. The molecular formula is C23H29Cl2NO3. The molecule has 0 aliphatic heterocycles. The molecule has 158 valence electrons. The highest BCUT2D eigenvalue weighted by molar-refractivity contribution is 6.37. The lowest BCUT2D eigenvalue weighted by atomic mass is 10.0. The van der Waals surface area contributed by atoms with E-state index in [9.17, 15) is 9.90 Å². The van der Waals surface area contributed by atoms with Crippen molar-refractivity contribution in [1.82, 2.24) is 0 Å². The minimum atomic E-state index is -0.718. The number of hydrogen-bond donors (Lipinski definition) is 2. The van der Waals surface area contributed by atoms with Crippen molar-refractivity contribution in [2.75, 3.05) is 5.32 Å². The zero-order valence-corrected chi connectivity index (χ0v) is 18.6. The lowest BCUT2D eigenvalue weighted by molar-refractivity contribution is 0.215. The Kier molecular flexibility index (Phi) is 9.62. The minimum Gasteiger partial charge on any atom is -0.504 e. The smallest absolute Gasteiger partial charge is 0.417 e.